The SMILES string of the molecule is CCCCC(I)C(=O)[O-].[Na+]. The molecule has 0 radical (unpaired) electrons. The van der Waals surface area contributed by atoms with Gasteiger partial charge in [0, 0.05) is 0 Å². The average molecular weight is 264 g/mol. The molecule has 0 amide bonds. The van der Waals surface area contributed by atoms with Gasteiger partial charge in [0.2, 0.25) is 0 Å². The van der Waals surface area contributed by atoms with Gasteiger partial charge in [-0.05, 0) is 6.42 Å². The molecule has 0 aromatic heterocycles. The molecule has 0 saturated carbocycles. The second-order valence-electron chi connectivity index (χ2n) is 1.93. The molecule has 0 spiro atoms. The minimum atomic E-state index is -0.941. The van der Waals surface area contributed by atoms with Crippen molar-refractivity contribution in [3.63, 3.8) is 0 Å². The van der Waals surface area contributed by atoms with E-state index in [1.807, 2.05) is 29.5 Å². The van der Waals surface area contributed by atoms with Gasteiger partial charge in [-0.25, -0.2) is 0 Å². The third kappa shape index (κ3) is 7.31. The van der Waals surface area contributed by atoms with Crippen LogP contribution in [0.25, 0.3) is 0 Å². The molecular formula is C6H10INaO2. The number of halogens is 1. The molecule has 54 valence electrons. The maximum absolute atomic E-state index is 10.1. The fraction of sp³-hybridized carbons (Fsp3) is 0.833. The molecule has 4 heteroatoms. The van der Waals surface area contributed by atoms with Crippen LogP contribution in [-0.2, 0) is 4.79 Å². The first-order valence-electron chi connectivity index (χ1n) is 3.03. The van der Waals surface area contributed by atoms with E-state index in [2.05, 4.69) is 0 Å². The molecule has 0 aromatic carbocycles. The van der Waals surface area contributed by atoms with E-state index >= 15 is 0 Å². The largest absolute Gasteiger partial charge is 1.00 e. The fourth-order valence-electron chi connectivity index (χ4n) is 0.501. The first-order chi connectivity index (χ1) is 4.18. The Morgan fingerprint density at radius 3 is 2.50 bits per heavy atom. The number of alkyl halides is 1. The minimum absolute atomic E-state index is 0. The number of rotatable bonds is 4. The number of aliphatic carboxylic acids is 1. The monoisotopic (exact) mass is 264 g/mol. The van der Waals surface area contributed by atoms with Crippen molar-refractivity contribution in [2.45, 2.75) is 30.1 Å². The van der Waals surface area contributed by atoms with Crippen molar-refractivity contribution < 1.29 is 39.5 Å². The van der Waals surface area contributed by atoms with E-state index in [4.69, 9.17) is 0 Å². The number of hydrogen-bond acceptors (Lipinski definition) is 2. The summed E-state index contributed by atoms with van der Waals surface area (Å²) >= 11 is 1.89. The van der Waals surface area contributed by atoms with Gasteiger partial charge in [-0.3, -0.25) is 0 Å². The summed E-state index contributed by atoms with van der Waals surface area (Å²) in [5, 5.41) is 10.1. The number of carbonyl (C=O) groups is 1. The third-order valence-electron chi connectivity index (χ3n) is 1.07. The summed E-state index contributed by atoms with van der Waals surface area (Å²) in [6, 6.07) is 0. The Labute approximate surface area is 97.2 Å². The van der Waals surface area contributed by atoms with Gasteiger partial charge in [-0.2, -0.15) is 0 Å². The van der Waals surface area contributed by atoms with E-state index in [1.165, 1.54) is 0 Å². The van der Waals surface area contributed by atoms with E-state index in [1.54, 1.807) is 0 Å². The molecule has 0 bridgehead atoms. The predicted octanol–water partition coefficient (Wildman–Crippen LogP) is -2.27. The molecule has 0 aliphatic rings. The Morgan fingerprint density at radius 2 is 2.20 bits per heavy atom. The van der Waals surface area contributed by atoms with Crippen molar-refractivity contribution >= 4 is 28.6 Å². The summed E-state index contributed by atoms with van der Waals surface area (Å²) in [6.45, 7) is 2.04. The van der Waals surface area contributed by atoms with Crippen LogP contribution in [0.5, 0.6) is 0 Å². The smallest absolute Gasteiger partial charge is 0.549 e. The van der Waals surface area contributed by atoms with Crippen LogP contribution in [0, 0.1) is 0 Å². The first-order valence-corrected chi connectivity index (χ1v) is 4.28. The van der Waals surface area contributed by atoms with Crippen LogP contribution in [-0.4, -0.2) is 9.89 Å². The Kier molecular flexibility index (Phi) is 11.4. The second kappa shape index (κ2) is 8.30. The summed E-state index contributed by atoms with van der Waals surface area (Å²) in [5.41, 5.74) is 0. The van der Waals surface area contributed by atoms with Crippen LogP contribution in [0.1, 0.15) is 26.2 Å². The van der Waals surface area contributed by atoms with E-state index < -0.39 is 5.97 Å². The van der Waals surface area contributed by atoms with E-state index in [0.29, 0.717) is 0 Å². The minimum Gasteiger partial charge on any atom is -0.549 e. The number of carboxylic acid groups (broad SMARTS) is 1. The third-order valence-corrected chi connectivity index (χ3v) is 2.20. The molecule has 10 heavy (non-hydrogen) atoms. The topological polar surface area (TPSA) is 40.1 Å². The molecule has 0 rings (SSSR count). The predicted molar refractivity (Wildman–Crippen MR) is 42.3 cm³/mol. The van der Waals surface area contributed by atoms with Crippen LogP contribution in [0.3, 0.4) is 0 Å². The molecule has 0 fully saturated rings. The van der Waals surface area contributed by atoms with Gasteiger partial charge in [0.25, 0.3) is 0 Å². The molecule has 2 nitrogen and oxygen atoms in total. The van der Waals surface area contributed by atoms with Crippen molar-refractivity contribution in [2.24, 2.45) is 0 Å². The van der Waals surface area contributed by atoms with E-state index in [0.717, 1.165) is 19.3 Å². The summed E-state index contributed by atoms with van der Waals surface area (Å²) < 4.78 is -0.303. The van der Waals surface area contributed by atoms with Crippen molar-refractivity contribution in [1.82, 2.24) is 0 Å². The Balaban J connectivity index is 0. The van der Waals surface area contributed by atoms with Gasteiger partial charge in [0.15, 0.2) is 0 Å². The van der Waals surface area contributed by atoms with Gasteiger partial charge in [0.05, 0.1) is 9.89 Å². The van der Waals surface area contributed by atoms with Crippen molar-refractivity contribution in [1.29, 1.82) is 0 Å². The molecule has 0 N–H and O–H groups in total. The molecule has 0 aromatic rings. The van der Waals surface area contributed by atoms with Crippen LogP contribution >= 0.6 is 22.6 Å². The Hall–Kier alpha value is 1.20. The van der Waals surface area contributed by atoms with Crippen LogP contribution < -0.4 is 34.7 Å². The molecular weight excluding hydrogens is 254 g/mol. The quantitative estimate of drug-likeness (QED) is 0.326. The summed E-state index contributed by atoms with van der Waals surface area (Å²) in [6.07, 6.45) is 2.76. The maximum Gasteiger partial charge on any atom is 1.00 e. The first kappa shape index (κ1) is 13.8. The van der Waals surface area contributed by atoms with Gasteiger partial charge in [-0.15, -0.1) is 0 Å². The second-order valence-corrected chi connectivity index (χ2v) is 3.43. The van der Waals surface area contributed by atoms with Crippen molar-refractivity contribution in [3.05, 3.63) is 0 Å². The zero-order valence-corrected chi connectivity index (χ0v) is 10.6. The fourth-order valence-corrected chi connectivity index (χ4v) is 0.942. The van der Waals surface area contributed by atoms with E-state index in [9.17, 15) is 9.90 Å². The van der Waals surface area contributed by atoms with Crippen LogP contribution in [0.2, 0.25) is 0 Å². The zero-order valence-electron chi connectivity index (χ0n) is 6.39. The number of carboxylic acids is 1. The zero-order chi connectivity index (χ0) is 7.28. The molecule has 1 unspecified atom stereocenters. The number of hydrogen-bond donors (Lipinski definition) is 0. The van der Waals surface area contributed by atoms with Gasteiger partial charge in [0.1, 0.15) is 0 Å². The van der Waals surface area contributed by atoms with Gasteiger partial charge >= 0.3 is 29.6 Å². The number of unbranched alkanes of at least 4 members (excludes halogenated alkanes) is 1. The van der Waals surface area contributed by atoms with Gasteiger partial charge in [-0.1, -0.05) is 42.4 Å². The maximum atomic E-state index is 10.1. The average Bonchev–Trinajstić information content (AvgIpc) is 1.82. The standard InChI is InChI=1S/C6H11IO2.Na/c1-2-3-4-5(7)6(8)9;/h5H,2-4H2,1H3,(H,8,9);/q;+1/p-1. The summed E-state index contributed by atoms with van der Waals surface area (Å²) in [4.78, 5) is 10.1. The van der Waals surface area contributed by atoms with E-state index in [-0.39, 0.29) is 33.5 Å². The Bertz CT molecular complexity index is 97.7. The summed E-state index contributed by atoms with van der Waals surface area (Å²) in [5.74, 6) is -0.941. The molecule has 0 saturated heterocycles. The van der Waals surface area contributed by atoms with Gasteiger partial charge < -0.3 is 9.90 Å². The molecule has 0 aliphatic carbocycles. The summed E-state index contributed by atoms with van der Waals surface area (Å²) in [7, 11) is 0. The van der Waals surface area contributed by atoms with Crippen LogP contribution in [0.4, 0.5) is 0 Å². The Morgan fingerprint density at radius 1 is 1.70 bits per heavy atom. The number of carbonyl (C=O) groups excluding carboxylic acids is 1. The van der Waals surface area contributed by atoms with Crippen molar-refractivity contribution in [2.75, 3.05) is 0 Å². The van der Waals surface area contributed by atoms with Crippen molar-refractivity contribution in [3.8, 4) is 0 Å². The molecule has 0 aliphatic heterocycles. The van der Waals surface area contributed by atoms with Crippen LogP contribution in [0.15, 0.2) is 0 Å². The molecule has 1 atom stereocenters. The normalized spacial score (nSPS) is 11.8. The molecule has 0 heterocycles.